The van der Waals surface area contributed by atoms with Crippen molar-refractivity contribution in [2.45, 2.75) is 6.92 Å². The van der Waals surface area contributed by atoms with Crippen molar-refractivity contribution in [3.05, 3.63) is 52.7 Å². The molecule has 0 aliphatic heterocycles. The fraction of sp³-hybridized carbons (Fsp3) is 0.0833. The number of hydrogen-bond donors (Lipinski definition) is 1. The molecule has 1 N–H and O–H groups in total. The Balaban J connectivity index is 2.35. The smallest absolute Gasteiger partial charge is 0.268 e. The molecule has 0 amide bonds. The molecule has 2 heterocycles. The van der Waals surface area contributed by atoms with E-state index in [0.29, 0.717) is 11.0 Å². The van der Waals surface area contributed by atoms with Crippen LogP contribution in [0, 0.1) is 6.92 Å². The first-order chi connectivity index (χ1) is 8.27. The number of aromatic nitrogens is 4. The van der Waals surface area contributed by atoms with Crippen LogP contribution >= 0.6 is 0 Å². The molecule has 0 atom stereocenters. The average Bonchev–Trinajstić information content (AvgIpc) is 2.80. The molecule has 0 aliphatic rings. The van der Waals surface area contributed by atoms with Crippen LogP contribution < -0.4 is 5.56 Å². The molecule has 17 heavy (non-hydrogen) atoms. The molecule has 0 radical (unpaired) electrons. The number of rotatable bonds is 1. The molecule has 1 aromatic carbocycles. The largest absolute Gasteiger partial charge is 0.269 e. The SMILES string of the molecule is Cc1ccccc1-n1cnc2[nH]ncc2c1=O. The standard InChI is InChI=1S/C12H10N4O/c1-8-4-2-3-5-10(8)16-7-13-11-9(12(16)17)6-14-15-11/h2-7H,1H3,(H,14,15). The number of hydrogen-bond acceptors (Lipinski definition) is 3. The van der Waals surface area contributed by atoms with Crippen molar-refractivity contribution >= 4 is 11.0 Å². The van der Waals surface area contributed by atoms with Gasteiger partial charge in [-0.2, -0.15) is 5.10 Å². The highest BCUT2D eigenvalue weighted by atomic mass is 16.1. The summed E-state index contributed by atoms with van der Waals surface area (Å²) in [5.41, 5.74) is 2.27. The number of benzene rings is 1. The summed E-state index contributed by atoms with van der Waals surface area (Å²) in [6, 6.07) is 7.69. The van der Waals surface area contributed by atoms with Gasteiger partial charge in [-0.15, -0.1) is 0 Å². The van der Waals surface area contributed by atoms with E-state index in [9.17, 15) is 4.79 Å². The minimum atomic E-state index is -0.113. The van der Waals surface area contributed by atoms with Crippen molar-refractivity contribution in [2.75, 3.05) is 0 Å². The molecule has 0 spiro atoms. The van der Waals surface area contributed by atoms with Crippen molar-refractivity contribution in [2.24, 2.45) is 0 Å². The minimum absolute atomic E-state index is 0.113. The van der Waals surface area contributed by atoms with Gasteiger partial charge in [0, 0.05) is 0 Å². The zero-order valence-corrected chi connectivity index (χ0v) is 9.21. The van der Waals surface area contributed by atoms with E-state index in [-0.39, 0.29) is 5.56 Å². The van der Waals surface area contributed by atoms with Crippen molar-refractivity contribution in [1.82, 2.24) is 19.7 Å². The lowest BCUT2D eigenvalue weighted by molar-refractivity contribution is 0.948. The van der Waals surface area contributed by atoms with Crippen LogP contribution in [0.4, 0.5) is 0 Å². The normalized spacial score (nSPS) is 10.9. The number of aryl methyl sites for hydroxylation is 1. The molecule has 5 nitrogen and oxygen atoms in total. The van der Waals surface area contributed by atoms with E-state index in [2.05, 4.69) is 15.2 Å². The van der Waals surface area contributed by atoms with Crippen LogP contribution in [0.5, 0.6) is 0 Å². The first kappa shape index (κ1) is 9.77. The molecule has 5 heteroatoms. The molecule has 0 fully saturated rings. The molecule has 2 aromatic heterocycles. The highest BCUT2D eigenvalue weighted by Gasteiger charge is 2.08. The van der Waals surface area contributed by atoms with Gasteiger partial charge in [-0.05, 0) is 18.6 Å². The fourth-order valence-electron chi connectivity index (χ4n) is 1.84. The Morgan fingerprint density at radius 3 is 2.94 bits per heavy atom. The summed E-state index contributed by atoms with van der Waals surface area (Å²) in [5.74, 6) is 0. The van der Waals surface area contributed by atoms with Crippen LogP contribution in [0.25, 0.3) is 16.7 Å². The molecule has 84 valence electrons. The summed E-state index contributed by atoms with van der Waals surface area (Å²) in [6.45, 7) is 1.96. The molecule has 3 rings (SSSR count). The van der Waals surface area contributed by atoms with E-state index in [1.54, 1.807) is 0 Å². The second-order valence-electron chi connectivity index (χ2n) is 3.84. The summed E-state index contributed by atoms with van der Waals surface area (Å²) in [4.78, 5) is 16.4. The maximum atomic E-state index is 12.2. The number of nitrogens with one attached hydrogen (secondary N) is 1. The predicted octanol–water partition coefficient (Wildman–Crippen LogP) is 1.42. The average molecular weight is 226 g/mol. The van der Waals surface area contributed by atoms with Gasteiger partial charge in [0.15, 0.2) is 5.65 Å². The molecule has 3 aromatic rings. The molecule has 0 unspecified atom stereocenters. The third-order valence-electron chi connectivity index (χ3n) is 2.75. The van der Waals surface area contributed by atoms with E-state index >= 15 is 0 Å². The van der Waals surface area contributed by atoms with E-state index in [1.165, 1.54) is 17.1 Å². The Bertz CT molecular complexity index is 741. The molecule has 0 bridgehead atoms. The third kappa shape index (κ3) is 1.44. The van der Waals surface area contributed by atoms with Crippen molar-refractivity contribution in [1.29, 1.82) is 0 Å². The Kier molecular flexibility index (Phi) is 2.04. The molecule has 0 saturated carbocycles. The minimum Gasteiger partial charge on any atom is -0.268 e. The first-order valence-electron chi connectivity index (χ1n) is 5.24. The van der Waals surface area contributed by atoms with Crippen LogP contribution in [-0.4, -0.2) is 19.7 Å². The van der Waals surface area contributed by atoms with Gasteiger partial charge >= 0.3 is 0 Å². The Morgan fingerprint density at radius 2 is 2.12 bits per heavy atom. The van der Waals surface area contributed by atoms with Crippen molar-refractivity contribution < 1.29 is 0 Å². The molecule has 0 saturated heterocycles. The second kappa shape index (κ2) is 3.55. The number of para-hydroxylation sites is 1. The number of aromatic amines is 1. The number of fused-ring (bicyclic) bond motifs is 1. The molecular weight excluding hydrogens is 216 g/mol. The Hall–Kier alpha value is -2.43. The van der Waals surface area contributed by atoms with Gasteiger partial charge in [-0.25, -0.2) is 4.98 Å². The first-order valence-corrected chi connectivity index (χ1v) is 5.24. The Labute approximate surface area is 96.7 Å². The third-order valence-corrected chi connectivity index (χ3v) is 2.75. The highest BCUT2D eigenvalue weighted by Crippen LogP contribution is 2.11. The number of H-pyrrole nitrogens is 1. The lowest BCUT2D eigenvalue weighted by atomic mass is 10.2. The zero-order chi connectivity index (χ0) is 11.8. The van der Waals surface area contributed by atoms with Crippen LogP contribution in [0.15, 0.2) is 41.6 Å². The van der Waals surface area contributed by atoms with E-state index < -0.39 is 0 Å². The van der Waals surface area contributed by atoms with Crippen LogP contribution in [0.2, 0.25) is 0 Å². The highest BCUT2D eigenvalue weighted by molar-refractivity contribution is 5.72. The quantitative estimate of drug-likeness (QED) is 0.682. The summed E-state index contributed by atoms with van der Waals surface area (Å²) in [7, 11) is 0. The predicted molar refractivity (Wildman–Crippen MR) is 64.2 cm³/mol. The maximum Gasteiger partial charge on any atom is 0.269 e. The summed E-state index contributed by atoms with van der Waals surface area (Å²) in [6.07, 6.45) is 3.02. The van der Waals surface area contributed by atoms with Gasteiger partial charge < -0.3 is 0 Å². The van der Waals surface area contributed by atoms with Crippen LogP contribution in [-0.2, 0) is 0 Å². The maximum absolute atomic E-state index is 12.2. The van der Waals surface area contributed by atoms with Gasteiger partial charge in [0.1, 0.15) is 11.7 Å². The summed E-state index contributed by atoms with van der Waals surface area (Å²) < 4.78 is 1.53. The van der Waals surface area contributed by atoms with Crippen LogP contribution in [0.1, 0.15) is 5.56 Å². The molecular formula is C12H10N4O. The van der Waals surface area contributed by atoms with E-state index in [1.807, 2.05) is 31.2 Å². The fourth-order valence-corrected chi connectivity index (χ4v) is 1.84. The monoisotopic (exact) mass is 226 g/mol. The summed E-state index contributed by atoms with van der Waals surface area (Å²) in [5, 5.41) is 6.99. The topological polar surface area (TPSA) is 63.6 Å². The van der Waals surface area contributed by atoms with Gasteiger partial charge in [-0.3, -0.25) is 14.5 Å². The van der Waals surface area contributed by atoms with Crippen molar-refractivity contribution in [3.8, 4) is 5.69 Å². The zero-order valence-electron chi connectivity index (χ0n) is 9.21. The van der Waals surface area contributed by atoms with Gasteiger partial charge in [0.25, 0.3) is 5.56 Å². The molecule has 0 aliphatic carbocycles. The van der Waals surface area contributed by atoms with Gasteiger partial charge in [-0.1, -0.05) is 18.2 Å². The van der Waals surface area contributed by atoms with Gasteiger partial charge in [0.2, 0.25) is 0 Å². The lowest BCUT2D eigenvalue weighted by Gasteiger charge is -2.07. The van der Waals surface area contributed by atoms with E-state index in [0.717, 1.165) is 11.3 Å². The second-order valence-corrected chi connectivity index (χ2v) is 3.84. The number of nitrogens with zero attached hydrogens (tertiary/aromatic N) is 3. The van der Waals surface area contributed by atoms with Crippen LogP contribution in [0.3, 0.4) is 0 Å². The summed E-state index contributed by atoms with van der Waals surface area (Å²) >= 11 is 0. The lowest BCUT2D eigenvalue weighted by Crippen LogP contribution is -2.19. The Morgan fingerprint density at radius 1 is 1.29 bits per heavy atom. The van der Waals surface area contributed by atoms with Crippen molar-refractivity contribution in [3.63, 3.8) is 0 Å². The van der Waals surface area contributed by atoms with E-state index in [4.69, 9.17) is 0 Å². The van der Waals surface area contributed by atoms with Gasteiger partial charge in [0.05, 0.1) is 11.9 Å².